The van der Waals surface area contributed by atoms with Crippen molar-refractivity contribution in [1.82, 2.24) is 10.0 Å². The van der Waals surface area contributed by atoms with Gasteiger partial charge in [-0.1, -0.05) is 12.1 Å². The summed E-state index contributed by atoms with van der Waals surface area (Å²) in [4.78, 5) is 0.291. The Balaban J connectivity index is 1.91. The second kappa shape index (κ2) is 6.47. The van der Waals surface area contributed by atoms with E-state index >= 15 is 0 Å². The fraction of sp³-hybridized carbons (Fsp3) is 0.538. The quantitative estimate of drug-likeness (QED) is 0.695. The Hall–Kier alpha value is -0.950. The average molecular weight is 284 g/mol. The highest BCUT2D eigenvalue weighted by atomic mass is 32.2. The van der Waals surface area contributed by atoms with Crippen LogP contribution in [-0.4, -0.2) is 34.7 Å². The van der Waals surface area contributed by atoms with Crippen LogP contribution < -0.4 is 10.0 Å². The molecule has 0 saturated heterocycles. The Bertz CT molecular complexity index is 495. The van der Waals surface area contributed by atoms with Crippen molar-refractivity contribution >= 4 is 10.0 Å². The van der Waals surface area contributed by atoms with E-state index in [2.05, 4.69) is 10.0 Å². The zero-order valence-electron chi connectivity index (χ0n) is 11.1. The van der Waals surface area contributed by atoms with Crippen LogP contribution in [0.4, 0.5) is 0 Å². The fourth-order valence-corrected chi connectivity index (χ4v) is 2.71. The van der Waals surface area contributed by atoms with Gasteiger partial charge in [-0.2, -0.15) is 0 Å². The molecule has 0 spiro atoms. The third-order valence-electron chi connectivity index (χ3n) is 3.00. The van der Waals surface area contributed by atoms with Gasteiger partial charge < -0.3 is 10.1 Å². The predicted octanol–water partition coefficient (Wildman–Crippen LogP) is 0.863. The number of benzene rings is 1. The summed E-state index contributed by atoms with van der Waals surface area (Å²) in [6.45, 7) is 1.44. The highest BCUT2D eigenvalue weighted by Crippen LogP contribution is 2.19. The van der Waals surface area contributed by atoms with Crippen LogP contribution in [0.2, 0.25) is 0 Å². The van der Waals surface area contributed by atoms with Crippen molar-refractivity contribution in [2.75, 3.05) is 20.3 Å². The van der Waals surface area contributed by atoms with Crippen molar-refractivity contribution < 1.29 is 13.2 Å². The van der Waals surface area contributed by atoms with Gasteiger partial charge in [-0.15, -0.1) is 0 Å². The van der Waals surface area contributed by atoms with E-state index in [-0.39, 0.29) is 6.54 Å². The minimum absolute atomic E-state index is 0.282. The average Bonchev–Trinajstić information content (AvgIpc) is 3.21. The minimum Gasteiger partial charge on any atom is -0.383 e. The molecule has 19 heavy (non-hydrogen) atoms. The van der Waals surface area contributed by atoms with Gasteiger partial charge in [0.1, 0.15) is 0 Å². The molecule has 0 unspecified atom stereocenters. The van der Waals surface area contributed by atoms with Crippen LogP contribution in [0.5, 0.6) is 0 Å². The maximum Gasteiger partial charge on any atom is 0.240 e. The molecule has 0 aliphatic heterocycles. The maximum atomic E-state index is 11.9. The lowest BCUT2D eigenvalue weighted by molar-refractivity contribution is 0.204. The zero-order chi connectivity index (χ0) is 13.7. The molecule has 0 aromatic heterocycles. The van der Waals surface area contributed by atoms with E-state index in [4.69, 9.17) is 4.74 Å². The molecule has 106 valence electrons. The Morgan fingerprint density at radius 2 is 1.95 bits per heavy atom. The summed E-state index contributed by atoms with van der Waals surface area (Å²) in [6.07, 6.45) is 2.49. The molecule has 1 aromatic rings. The number of ether oxygens (including phenoxy) is 1. The summed E-state index contributed by atoms with van der Waals surface area (Å²) >= 11 is 0. The van der Waals surface area contributed by atoms with Gasteiger partial charge >= 0.3 is 0 Å². The number of sulfonamides is 1. The fourth-order valence-electron chi connectivity index (χ4n) is 1.70. The molecule has 1 aliphatic rings. The zero-order valence-corrected chi connectivity index (χ0v) is 11.9. The van der Waals surface area contributed by atoms with Gasteiger partial charge in [0.2, 0.25) is 10.0 Å². The predicted molar refractivity (Wildman–Crippen MR) is 73.4 cm³/mol. The van der Waals surface area contributed by atoms with Crippen molar-refractivity contribution in [3.63, 3.8) is 0 Å². The van der Waals surface area contributed by atoms with E-state index in [1.54, 1.807) is 12.1 Å². The summed E-state index contributed by atoms with van der Waals surface area (Å²) in [5, 5.41) is 3.39. The van der Waals surface area contributed by atoms with Crippen LogP contribution >= 0.6 is 0 Å². The smallest absolute Gasteiger partial charge is 0.240 e. The van der Waals surface area contributed by atoms with Gasteiger partial charge in [-0.3, -0.25) is 0 Å². The van der Waals surface area contributed by atoms with Crippen molar-refractivity contribution in [1.29, 1.82) is 0 Å². The molecule has 0 radical (unpaired) electrons. The van der Waals surface area contributed by atoms with Crippen LogP contribution in [0, 0.1) is 0 Å². The first-order valence-electron chi connectivity index (χ1n) is 6.43. The molecule has 0 atom stereocenters. The van der Waals surface area contributed by atoms with Crippen molar-refractivity contribution in [3.8, 4) is 0 Å². The maximum absolute atomic E-state index is 11.9. The first-order chi connectivity index (χ1) is 9.12. The van der Waals surface area contributed by atoms with Crippen LogP contribution in [0.3, 0.4) is 0 Å². The summed E-state index contributed by atoms with van der Waals surface area (Å²) in [7, 11) is -1.88. The van der Waals surface area contributed by atoms with E-state index in [1.165, 1.54) is 20.0 Å². The normalized spacial score (nSPS) is 15.6. The molecule has 6 heteroatoms. The molecular weight excluding hydrogens is 264 g/mol. The minimum atomic E-state index is -3.42. The van der Waals surface area contributed by atoms with Gasteiger partial charge in [0.05, 0.1) is 11.5 Å². The van der Waals surface area contributed by atoms with Gasteiger partial charge in [0.25, 0.3) is 0 Å². The summed E-state index contributed by atoms with van der Waals surface area (Å²) < 4.78 is 31.1. The molecule has 1 fully saturated rings. The largest absolute Gasteiger partial charge is 0.383 e. The Morgan fingerprint density at radius 3 is 2.53 bits per heavy atom. The second-order valence-corrected chi connectivity index (χ2v) is 6.46. The Kier molecular flexibility index (Phi) is 4.93. The third kappa shape index (κ3) is 4.58. The molecule has 2 N–H and O–H groups in total. The highest BCUT2D eigenvalue weighted by molar-refractivity contribution is 7.89. The van der Waals surface area contributed by atoms with E-state index in [9.17, 15) is 8.42 Å². The van der Waals surface area contributed by atoms with Gasteiger partial charge in [-0.25, -0.2) is 13.1 Å². The van der Waals surface area contributed by atoms with Crippen molar-refractivity contribution in [2.45, 2.75) is 30.3 Å². The molecule has 5 nitrogen and oxygen atoms in total. The monoisotopic (exact) mass is 284 g/mol. The highest BCUT2D eigenvalue weighted by Gasteiger charge is 2.20. The first kappa shape index (κ1) is 14.5. The molecular formula is C13H20N2O3S. The SMILES string of the molecule is COCCNS(=O)(=O)c1ccc(CNC2CC2)cc1. The molecule has 0 amide bonds. The van der Waals surface area contributed by atoms with Crippen LogP contribution in [-0.2, 0) is 21.3 Å². The lowest BCUT2D eigenvalue weighted by Crippen LogP contribution is -2.27. The lowest BCUT2D eigenvalue weighted by Gasteiger charge is -2.07. The summed E-state index contributed by atoms with van der Waals surface area (Å²) in [6, 6.07) is 7.62. The number of hydrogen-bond acceptors (Lipinski definition) is 4. The Morgan fingerprint density at radius 1 is 1.26 bits per heavy atom. The van der Waals surface area contributed by atoms with Crippen molar-refractivity contribution in [3.05, 3.63) is 29.8 Å². The van der Waals surface area contributed by atoms with E-state index < -0.39 is 10.0 Å². The van der Waals surface area contributed by atoms with Gasteiger partial charge in [0, 0.05) is 26.2 Å². The Labute approximate surface area is 114 Å². The number of methoxy groups -OCH3 is 1. The van der Waals surface area contributed by atoms with Crippen LogP contribution in [0.15, 0.2) is 29.2 Å². The number of rotatable bonds is 8. The molecule has 0 heterocycles. The van der Waals surface area contributed by atoms with Gasteiger partial charge in [0.15, 0.2) is 0 Å². The van der Waals surface area contributed by atoms with Crippen molar-refractivity contribution in [2.24, 2.45) is 0 Å². The standard InChI is InChI=1S/C13H20N2O3S/c1-18-9-8-15-19(16,17)13-6-2-11(3-7-13)10-14-12-4-5-12/h2-3,6-7,12,14-15H,4-5,8-10H2,1H3. The lowest BCUT2D eigenvalue weighted by atomic mass is 10.2. The molecule has 2 rings (SSSR count). The summed E-state index contributed by atoms with van der Waals surface area (Å²) in [5.74, 6) is 0. The van der Waals surface area contributed by atoms with Crippen LogP contribution in [0.1, 0.15) is 18.4 Å². The molecule has 1 aromatic carbocycles. The van der Waals surface area contributed by atoms with E-state index in [0.717, 1.165) is 12.1 Å². The second-order valence-electron chi connectivity index (χ2n) is 4.69. The first-order valence-corrected chi connectivity index (χ1v) is 7.91. The van der Waals surface area contributed by atoms with Gasteiger partial charge in [-0.05, 0) is 30.5 Å². The molecule has 1 saturated carbocycles. The molecule has 0 bridgehead atoms. The van der Waals surface area contributed by atoms with Crippen LogP contribution in [0.25, 0.3) is 0 Å². The topological polar surface area (TPSA) is 67.4 Å². The number of nitrogens with one attached hydrogen (secondary N) is 2. The van der Waals surface area contributed by atoms with E-state index in [1.807, 2.05) is 12.1 Å². The molecule has 1 aliphatic carbocycles. The number of hydrogen-bond donors (Lipinski definition) is 2. The summed E-state index contributed by atoms with van der Waals surface area (Å²) in [5.41, 5.74) is 1.10. The third-order valence-corrected chi connectivity index (χ3v) is 4.48. The van der Waals surface area contributed by atoms with E-state index in [0.29, 0.717) is 17.5 Å².